The van der Waals surface area contributed by atoms with Crippen LogP contribution in [0, 0.1) is 0 Å². The summed E-state index contributed by atoms with van der Waals surface area (Å²) in [6.07, 6.45) is 0. The molecule has 0 aliphatic carbocycles. The summed E-state index contributed by atoms with van der Waals surface area (Å²) in [6.45, 7) is 14.3. The summed E-state index contributed by atoms with van der Waals surface area (Å²) >= 11 is 0. The monoisotopic (exact) mass is 304 g/mol. The Morgan fingerprint density at radius 1 is 0.950 bits per heavy atom. The van der Waals surface area contributed by atoms with Gasteiger partial charge in [-0.2, -0.15) is 0 Å². The Hall–Kier alpha value is -0.335. The molecule has 3 nitrogen and oxygen atoms in total. The Morgan fingerprint density at radius 3 is 1.70 bits per heavy atom. The number of quaternary nitrogens is 1. The van der Waals surface area contributed by atoms with Crippen LogP contribution in [0.4, 0.5) is 17.3 Å². The lowest BCUT2D eigenvalue weighted by molar-refractivity contribution is -0.924. The van der Waals surface area contributed by atoms with Crippen LogP contribution in [0.25, 0.3) is 0 Å². The first-order valence-electron chi connectivity index (χ1n) is 7.05. The lowest BCUT2D eigenvalue weighted by Crippen LogP contribution is -2.52. The molecule has 0 bridgehead atoms. The van der Waals surface area contributed by atoms with Crippen molar-refractivity contribution >= 4 is 7.25 Å². The van der Waals surface area contributed by atoms with E-state index in [1.807, 2.05) is 0 Å². The Bertz CT molecular complexity index is 218. The first-order valence-corrected chi connectivity index (χ1v) is 7.05. The Balaban J connectivity index is 0. The molecule has 0 aliphatic rings. The average molecular weight is 304 g/mol. The van der Waals surface area contributed by atoms with E-state index in [1.54, 1.807) is 0 Å². The summed E-state index contributed by atoms with van der Waals surface area (Å²) in [5.41, 5.74) is 0. The zero-order valence-electron chi connectivity index (χ0n) is 13.3. The van der Waals surface area contributed by atoms with Gasteiger partial charge in [-0.1, -0.05) is 0 Å². The van der Waals surface area contributed by atoms with Gasteiger partial charge in [0.05, 0.1) is 26.2 Å². The molecule has 0 aliphatic heterocycles. The molecule has 0 saturated heterocycles. The first kappa shape index (κ1) is 22.0. The second-order valence-corrected chi connectivity index (χ2v) is 4.92. The van der Waals surface area contributed by atoms with Gasteiger partial charge in [0.1, 0.15) is 6.54 Å². The molecule has 0 rings (SSSR count). The molecule has 0 aromatic heterocycles. The minimum absolute atomic E-state index is 0.834. The fourth-order valence-corrected chi connectivity index (χ4v) is 1.78. The van der Waals surface area contributed by atoms with Gasteiger partial charge in [-0.25, -0.2) is 0 Å². The summed E-state index contributed by atoms with van der Waals surface area (Å²) in [6, 6.07) is 0. The molecule has 0 unspecified atom stereocenters. The van der Waals surface area contributed by atoms with Gasteiger partial charge in [0, 0.05) is 13.2 Å². The van der Waals surface area contributed by atoms with Crippen LogP contribution in [0.2, 0.25) is 0 Å². The van der Waals surface area contributed by atoms with Crippen molar-refractivity contribution in [1.29, 1.82) is 0 Å². The fourth-order valence-electron chi connectivity index (χ4n) is 1.78. The smallest absolute Gasteiger partial charge is 0.418 e. The fraction of sp³-hybridized carbons (Fsp3) is 1.00. The highest BCUT2D eigenvalue weighted by molar-refractivity contribution is 6.50. The summed E-state index contributed by atoms with van der Waals surface area (Å²) in [7, 11) is -1.72. The number of ether oxygens (including phenoxy) is 1. The van der Waals surface area contributed by atoms with Crippen LogP contribution in [0.15, 0.2) is 0 Å². The maximum absolute atomic E-state index is 9.75. The number of hydrogen-bond donors (Lipinski definition) is 0. The minimum Gasteiger partial charge on any atom is -0.418 e. The third-order valence-electron chi connectivity index (χ3n) is 3.28. The van der Waals surface area contributed by atoms with E-state index < -0.39 is 7.25 Å². The van der Waals surface area contributed by atoms with Gasteiger partial charge in [0.2, 0.25) is 0 Å². The molecule has 0 aromatic carbocycles. The van der Waals surface area contributed by atoms with Gasteiger partial charge in [-0.15, -0.1) is 0 Å². The van der Waals surface area contributed by atoms with Crippen molar-refractivity contribution in [2.75, 3.05) is 60.0 Å². The maximum atomic E-state index is 9.75. The molecule has 0 saturated carbocycles. The molecule has 0 aromatic rings. The van der Waals surface area contributed by atoms with Crippen LogP contribution >= 0.6 is 0 Å². The lowest BCUT2D eigenvalue weighted by Gasteiger charge is -2.37. The SMILES string of the molecule is CCOCC[N+](CC)(CC)CCN(C)C.F[B-](F)(F)F. The van der Waals surface area contributed by atoms with Crippen LogP contribution in [0.3, 0.4) is 0 Å². The molecule has 20 heavy (non-hydrogen) atoms. The Morgan fingerprint density at radius 2 is 1.40 bits per heavy atom. The van der Waals surface area contributed by atoms with Gasteiger partial charge in [0.15, 0.2) is 0 Å². The van der Waals surface area contributed by atoms with E-state index in [-0.39, 0.29) is 0 Å². The second-order valence-electron chi connectivity index (χ2n) is 4.92. The van der Waals surface area contributed by atoms with E-state index in [2.05, 4.69) is 39.8 Å². The highest BCUT2D eigenvalue weighted by atomic mass is 19.5. The molecule has 0 fully saturated rings. The normalized spacial score (nSPS) is 12.3. The van der Waals surface area contributed by atoms with Crippen LogP contribution in [-0.2, 0) is 4.74 Å². The second kappa shape index (κ2) is 11.3. The van der Waals surface area contributed by atoms with Crippen molar-refractivity contribution in [3.63, 3.8) is 0 Å². The topological polar surface area (TPSA) is 12.5 Å². The molecule has 0 atom stereocenters. The van der Waals surface area contributed by atoms with Gasteiger partial charge in [-0.3, -0.25) is 0 Å². The standard InChI is InChI=1S/C12H29N2O.BF4/c1-6-14(7-2,10-9-13(4)5)11-12-15-8-3;2-1(3,4)5/h6-12H2,1-5H3;/q+1;-1. The number of hydrogen-bond acceptors (Lipinski definition) is 2. The van der Waals surface area contributed by atoms with Crippen LogP contribution in [-0.4, -0.2) is 76.7 Å². The van der Waals surface area contributed by atoms with Crippen LogP contribution in [0.5, 0.6) is 0 Å². The summed E-state index contributed by atoms with van der Waals surface area (Å²) in [5, 5.41) is 0. The minimum atomic E-state index is -6.00. The predicted octanol–water partition coefficient (Wildman–Crippen LogP) is 2.74. The van der Waals surface area contributed by atoms with E-state index in [4.69, 9.17) is 4.74 Å². The van der Waals surface area contributed by atoms with Crippen LogP contribution in [0.1, 0.15) is 20.8 Å². The summed E-state index contributed by atoms with van der Waals surface area (Å²) in [4.78, 5) is 2.26. The van der Waals surface area contributed by atoms with E-state index in [0.717, 1.165) is 26.3 Å². The van der Waals surface area contributed by atoms with E-state index in [9.17, 15) is 17.3 Å². The molecule has 0 N–H and O–H groups in total. The molecule has 8 heteroatoms. The van der Waals surface area contributed by atoms with Gasteiger partial charge in [0.25, 0.3) is 0 Å². The van der Waals surface area contributed by atoms with Crippen LogP contribution < -0.4 is 0 Å². The average Bonchev–Trinajstić information content (AvgIpc) is 2.32. The van der Waals surface area contributed by atoms with E-state index in [0.29, 0.717) is 0 Å². The number of nitrogens with zero attached hydrogens (tertiary/aromatic N) is 2. The zero-order valence-corrected chi connectivity index (χ0v) is 13.3. The van der Waals surface area contributed by atoms with Crippen molar-refractivity contribution in [3.05, 3.63) is 0 Å². The quantitative estimate of drug-likeness (QED) is 0.281. The van der Waals surface area contributed by atoms with Gasteiger partial charge < -0.3 is 31.4 Å². The Labute approximate surface area is 120 Å². The molecule has 0 amide bonds. The van der Waals surface area contributed by atoms with Crippen molar-refractivity contribution in [2.24, 2.45) is 0 Å². The molecule has 0 radical (unpaired) electrons. The van der Waals surface area contributed by atoms with Crippen molar-refractivity contribution in [2.45, 2.75) is 20.8 Å². The highest BCUT2D eigenvalue weighted by Crippen LogP contribution is 2.07. The van der Waals surface area contributed by atoms with Gasteiger partial charge >= 0.3 is 7.25 Å². The zero-order chi connectivity index (χ0) is 16.2. The molecule has 124 valence electrons. The number of likely N-dealkylation sites (N-methyl/N-ethyl adjacent to an activating group) is 2. The predicted molar refractivity (Wildman–Crippen MR) is 76.3 cm³/mol. The van der Waals surface area contributed by atoms with E-state index >= 15 is 0 Å². The van der Waals surface area contributed by atoms with E-state index in [1.165, 1.54) is 24.1 Å². The number of halogens is 4. The third kappa shape index (κ3) is 15.7. The van der Waals surface area contributed by atoms with Crippen molar-refractivity contribution in [3.8, 4) is 0 Å². The maximum Gasteiger partial charge on any atom is 0.673 e. The van der Waals surface area contributed by atoms with Crippen molar-refractivity contribution in [1.82, 2.24) is 4.90 Å². The molecule has 0 spiro atoms. The first-order chi connectivity index (χ1) is 9.10. The lowest BCUT2D eigenvalue weighted by atomic mass is 10.3. The molecule has 0 heterocycles. The third-order valence-corrected chi connectivity index (χ3v) is 3.28. The molecular weight excluding hydrogens is 275 g/mol. The molecular formula is C12H29BF4N2O. The van der Waals surface area contributed by atoms with Gasteiger partial charge in [-0.05, 0) is 34.9 Å². The number of rotatable bonds is 9. The summed E-state index contributed by atoms with van der Waals surface area (Å²) < 4.78 is 45.6. The Kier molecular flexibility index (Phi) is 12.4. The summed E-state index contributed by atoms with van der Waals surface area (Å²) in [5.74, 6) is 0. The largest absolute Gasteiger partial charge is 0.673 e. The van der Waals surface area contributed by atoms with Crippen molar-refractivity contribution < 1.29 is 26.5 Å². The highest BCUT2D eigenvalue weighted by Gasteiger charge is 2.22.